The van der Waals surface area contributed by atoms with E-state index in [9.17, 15) is 4.79 Å². The van der Waals surface area contributed by atoms with Crippen LogP contribution in [0.1, 0.15) is 33.1 Å². The Morgan fingerprint density at radius 3 is 3.00 bits per heavy atom. The molecule has 0 aromatic carbocycles. The second kappa shape index (κ2) is 4.49. The molecule has 1 amide bonds. The van der Waals surface area contributed by atoms with Crippen LogP contribution in [0.4, 0.5) is 0 Å². The van der Waals surface area contributed by atoms with E-state index in [1.54, 1.807) is 0 Å². The Morgan fingerprint density at radius 1 is 1.60 bits per heavy atom. The van der Waals surface area contributed by atoms with Crippen molar-refractivity contribution in [2.24, 2.45) is 0 Å². The highest BCUT2D eigenvalue weighted by atomic mass is 16.5. The average molecular weight is 212 g/mol. The van der Waals surface area contributed by atoms with Crippen molar-refractivity contribution >= 4 is 5.91 Å². The van der Waals surface area contributed by atoms with Gasteiger partial charge in [-0.25, -0.2) is 0 Å². The summed E-state index contributed by atoms with van der Waals surface area (Å²) >= 11 is 0. The molecule has 2 heterocycles. The van der Waals surface area contributed by atoms with Gasteiger partial charge in [0.05, 0.1) is 24.9 Å². The molecule has 3 atom stereocenters. The summed E-state index contributed by atoms with van der Waals surface area (Å²) in [6.45, 7) is 5.60. The second-order valence-corrected chi connectivity index (χ2v) is 4.43. The first-order valence-corrected chi connectivity index (χ1v) is 5.90. The minimum absolute atomic E-state index is 0.0307. The van der Waals surface area contributed by atoms with Crippen molar-refractivity contribution in [2.45, 2.75) is 51.4 Å². The summed E-state index contributed by atoms with van der Waals surface area (Å²) in [5.74, 6) is 0.234. The van der Waals surface area contributed by atoms with E-state index < -0.39 is 0 Å². The topological polar surface area (TPSA) is 41.6 Å². The zero-order valence-electron chi connectivity index (χ0n) is 9.53. The number of nitrogens with zero attached hydrogens (tertiary/aromatic N) is 1. The smallest absolute Gasteiger partial charge is 0.241 e. The number of amides is 1. The van der Waals surface area contributed by atoms with Gasteiger partial charge in [-0.2, -0.15) is 0 Å². The normalized spacial score (nSPS) is 37.3. The number of hydrogen-bond donors (Lipinski definition) is 1. The molecule has 2 aliphatic rings. The van der Waals surface area contributed by atoms with Crippen molar-refractivity contribution in [1.29, 1.82) is 0 Å². The molecule has 2 fully saturated rings. The molecule has 1 N–H and O–H groups in total. The number of hydrogen-bond acceptors (Lipinski definition) is 3. The molecule has 15 heavy (non-hydrogen) atoms. The van der Waals surface area contributed by atoms with Crippen LogP contribution in [0.25, 0.3) is 0 Å². The molecule has 0 bridgehead atoms. The van der Waals surface area contributed by atoms with Crippen LogP contribution in [-0.4, -0.2) is 42.3 Å². The van der Waals surface area contributed by atoms with Gasteiger partial charge in [-0.1, -0.05) is 6.92 Å². The molecule has 2 aliphatic heterocycles. The van der Waals surface area contributed by atoms with Gasteiger partial charge in [0.15, 0.2) is 0 Å². The molecule has 3 unspecified atom stereocenters. The van der Waals surface area contributed by atoms with Crippen LogP contribution >= 0.6 is 0 Å². The van der Waals surface area contributed by atoms with E-state index in [4.69, 9.17) is 4.74 Å². The van der Waals surface area contributed by atoms with E-state index in [1.165, 1.54) is 0 Å². The fraction of sp³-hybridized carbons (Fsp3) is 0.909. The first-order valence-electron chi connectivity index (χ1n) is 5.90. The van der Waals surface area contributed by atoms with Crippen molar-refractivity contribution in [3.8, 4) is 0 Å². The third kappa shape index (κ3) is 2.01. The molecule has 0 spiro atoms. The quantitative estimate of drug-likeness (QED) is 0.733. The van der Waals surface area contributed by atoms with Crippen LogP contribution in [0.5, 0.6) is 0 Å². The Bertz CT molecular complexity index is 239. The first-order chi connectivity index (χ1) is 7.24. The second-order valence-electron chi connectivity index (χ2n) is 4.43. The van der Waals surface area contributed by atoms with E-state index in [0.717, 1.165) is 25.9 Å². The zero-order valence-corrected chi connectivity index (χ0v) is 9.53. The number of rotatable bonds is 2. The summed E-state index contributed by atoms with van der Waals surface area (Å²) in [4.78, 5) is 14.0. The molecular weight excluding hydrogens is 192 g/mol. The van der Waals surface area contributed by atoms with E-state index in [0.29, 0.717) is 6.61 Å². The van der Waals surface area contributed by atoms with Crippen molar-refractivity contribution < 1.29 is 9.53 Å². The first kappa shape index (κ1) is 10.9. The Hall–Kier alpha value is -0.610. The van der Waals surface area contributed by atoms with Crippen LogP contribution in [-0.2, 0) is 9.53 Å². The molecule has 0 aliphatic carbocycles. The molecule has 86 valence electrons. The number of nitrogens with one attached hydrogen (secondary N) is 1. The van der Waals surface area contributed by atoms with E-state index in [1.807, 2.05) is 11.8 Å². The maximum atomic E-state index is 12.0. The minimum Gasteiger partial charge on any atom is -0.379 e. The Kier molecular flexibility index (Phi) is 3.26. The predicted molar refractivity (Wildman–Crippen MR) is 57.4 cm³/mol. The monoisotopic (exact) mass is 212 g/mol. The van der Waals surface area contributed by atoms with Gasteiger partial charge in [0, 0.05) is 6.61 Å². The lowest BCUT2D eigenvalue weighted by atomic mass is 10.1. The Morgan fingerprint density at radius 2 is 2.40 bits per heavy atom. The summed E-state index contributed by atoms with van der Waals surface area (Å²) in [6, 6.07) is 0.255. The van der Waals surface area contributed by atoms with Crippen LogP contribution in [0.3, 0.4) is 0 Å². The zero-order chi connectivity index (χ0) is 10.8. The molecule has 0 aromatic rings. The van der Waals surface area contributed by atoms with Crippen LogP contribution < -0.4 is 5.32 Å². The summed E-state index contributed by atoms with van der Waals surface area (Å²) in [6.07, 6.45) is 3.32. The Balaban J connectivity index is 2.07. The Labute approximate surface area is 91.0 Å². The van der Waals surface area contributed by atoms with Gasteiger partial charge in [0.1, 0.15) is 0 Å². The highest BCUT2D eigenvalue weighted by Gasteiger charge is 2.39. The molecule has 0 radical (unpaired) electrons. The van der Waals surface area contributed by atoms with E-state index in [2.05, 4.69) is 12.2 Å². The van der Waals surface area contributed by atoms with Gasteiger partial charge in [-0.15, -0.1) is 0 Å². The third-order valence-corrected chi connectivity index (χ3v) is 3.32. The van der Waals surface area contributed by atoms with Gasteiger partial charge in [0.25, 0.3) is 0 Å². The van der Waals surface area contributed by atoms with Gasteiger partial charge in [-0.05, 0) is 26.2 Å². The number of carbonyl (C=O) groups is 1. The SMILES string of the molecule is CCC1NC(C)C(=O)N1C1CCCOC1. The summed E-state index contributed by atoms with van der Waals surface area (Å²) in [5.41, 5.74) is 0. The summed E-state index contributed by atoms with van der Waals surface area (Å²) < 4.78 is 5.45. The molecule has 2 saturated heterocycles. The highest BCUT2D eigenvalue weighted by Crippen LogP contribution is 2.22. The lowest BCUT2D eigenvalue weighted by molar-refractivity contribution is -0.134. The van der Waals surface area contributed by atoms with Gasteiger partial charge in [0.2, 0.25) is 5.91 Å². The van der Waals surface area contributed by atoms with Crippen LogP contribution in [0, 0.1) is 0 Å². The molecular formula is C11H20N2O2. The average Bonchev–Trinajstić information content (AvgIpc) is 2.56. The van der Waals surface area contributed by atoms with Crippen molar-refractivity contribution in [3.05, 3.63) is 0 Å². The largest absolute Gasteiger partial charge is 0.379 e. The number of carbonyl (C=O) groups excluding carboxylic acids is 1. The fourth-order valence-corrected chi connectivity index (χ4v) is 2.51. The van der Waals surface area contributed by atoms with Crippen molar-refractivity contribution in [2.75, 3.05) is 13.2 Å². The summed E-state index contributed by atoms with van der Waals surface area (Å²) in [7, 11) is 0. The van der Waals surface area contributed by atoms with Crippen LogP contribution in [0.2, 0.25) is 0 Å². The lowest BCUT2D eigenvalue weighted by Crippen LogP contribution is -2.48. The highest BCUT2D eigenvalue weighted by molar-refractivity contribution is 5.84. The van der Waals surface area contributed by atoms with E-state index >= 15 is 0 Å². The van der Waals surface area contributed by atoms with Gasteiger partial charge in [-0.3, -0.25) is 10.1 Å². The van der Waals surface area contributed by atoms with Crippen molar-refractivity contribution in [1.82, 2.24) is 10.2 Å². The molecule has 0 saturated carbocycles. The fourth-order valence-electron chi connectivity index (χ4n) is 2.51. The number of ether oxygens (including phenoxy) is 1. The van der Waals surface area contributed by atoms with Crippen LogP contribution in [0.15, 0.2) is 0 Å². The third-order valence-electron chi connectivity index (χ3n) is 3.32. The van der Waals surface area contributed by atoms with Gasteiger partial charge >= 0.3 is 0 Å². The molecule has 4 heteroatoms. The minimum atomic E-state index is -0.0307. The molecule has 2 rings (SSSR count). The van der Waals surface area contributed by atoms with Crippen molar-refractivity contribution in [3.63, 3.8) is 0 Å². The van der Waals surface area contributed by atoms with E-state index in [-0.39, 0.29) is 24.2 Å². The summed E-state index contributed by atoms with van der Waals surface area (Å²) in [5, 5.41) is 3.32. The maximum absolute atomic E-state index is 12.0. The predicted octanol–water partition coefficient (Wildman–Crippen LogP) is 0.722. The lowest BCUT2D eigenvalue weighted by Gasteiger charge is -2.34. The molecule has 0 aromatic heterocycles. The maximum Gasteiger partial charge on any atom is 0.241 e. The van der Waals surface area contributed by atoms with Gasteiger partial charge < -0.3 is 9.64 Å². The standard InChI is InChI=1S/C11H20N2O2/c1-3-10-12-8(2)11(14)13(10)9-5-4-6-15-7-9/h8-10,12H,3-7H2,1-2H3. The molecule has 4 nitrogen and oxygen atoms in total.